The molecule has 0 radical (unpaired) electrons. The maximum Gasteiger partial charge on any atom is 0.255 e. The molecule has 0 fully saturated rings. The summed E-state index contributed by atoms with van der Waals surface area (Å²) < 4.78 is 0.975. The number of fused-ring (bicyclic) bond motifs is 1. The van der Waals surface area contributed by atoms with E-state index in [1.165, 1.54) is 0 Å². The van der Waals surface area contributed by atoms with Gasteiger partial charge in [0.25, 0.3) is 5.56 Å². The quantitative estimate of drug-likeness (QED) is 0.909. The number of aryl methyl sites for hydroxylation is 1. The number of rotatable bonds is 2. The van der Waals surface area contributed by atoms with Crippen LogP contribution < -0.4 is 5.56 Å². The normalized spacial score (nSPS) is 15.1. The Kier molecular flexibility index (Phi) is 3.67. The lowest BCUT2D eigenvalue weighted by molar-refractivity contribution is 0.241. The van der Waals surface area contributed by atoms with Gasteiger partial charge in [-0.2, -0.15) is 0 Å². The molecule has 0 bridgehead atoms. The van der Waals surface area contributed by atoms with E-state index in [2.05, 4.69) is 41.8 Å². The van der Waals surface area contributed by atoms with Crippen LogP contribution in [0.25, 0.3) is 0 Å². The fourth-order valence-electron chi connectivity index (χ4n) is 2.54. The van der Waals surface area contributed by atoms with Gasteiger partial charge in [0.1, 0.15) is 5.82 Å². The van der Waals surface area contributed by atoms with Crippen LogP contribution in [0.5, 0.6) is 0 Å². The highest BCUT2D eigenvalue weighted by Crippen LogP contribution is 2.17. The molecule has 2 aromatic heterocycles. The molecule has 0 unspecified atom stereocenters. The van der Waals surface area contributed by atoms with Crippen LogP contribution in [-0.2, 0) is 19.5 Å². The zero-order valence-electron chi connectivity index (χ0n) is 11.2. The molecule has 1 aliphatic heterocycles. The third kappa shape index (κ3) is 2.81. The third-order valence-electron chi connectivity index (χ3n) is 3.43. The summed E-state index contributed by atoms with van der Waals surface area (Å²) >= 11 is 3.43. The second kappa shape index (κ2) is 5.46. The van der Waals surface area contributed by atoms with Crippen LogP contribution in [0.1, 0.15) is 22.6 Å². The summed E-state index contributed by atoms with van der Waals surface area (Å²) in [4.78, 5) is 25.6. The monoisotopic (exact) mass is 334 g/mol. The molecule has 104 valence electrons. The van der Waals surface area contributed by atoms with Gasteiger partial charge in [-0.15, -0.1) is 0 Å². The zero-order chi connectivity index (χ0) is 14.1. The molecular weight excluding hydrogens is 320 g/mol. The minimum Gasteiger partial charge on any atom is -0.310 e. The van der Waals surface area contributed by atoms with Crippen molar-refractivity contribution in [2.45, 2.75) is 26.4 Å². The van der Waals surface area contributed by atoms with Crippen molar-refractivity contribution in [3.05, 3.63) is 55.9 Å². The Hall–Kier alpha value is -1.53. The standard InChI is InChI=1S/C14H15BrN4O/c1-9-17-13-2-3-19(8-12(13)14(20)18-9)7-10-4-11(15)6-16-5-10/h4-6H,2-3,7-8H2,1H3,(H,17,18,20). The highest BCUT2D eigenvalue weighted by atomic mass is 79.9. The van der Waals surface area contributed by atoms with E-state index in [0.29, 0.717) is 12.4 Å². The fourth-order valence-corrected chi connectivity index (χ4v) is 2.95. The van der Waals surface area contributed by atoms with Crippen molar-refractivity contribution in [2.24, 2.45) is 0 Å². The van der Waals surface area contributed by atoms with Crippen LogP contribution in [0, 0.1) is 6.92 Å². The van der Waals surface area contributed by atoms with E-state index in [9.17, 15) is 4.79 Å². The number of halogens is 1. The molecule has 5 nitrogen and oxygen atoms in total. The van der Waals surface area contributed by atoms with E-state index in [0.717, 1.165) is 40.8 Å². The smallest absolute Gasteiger partial charge is 0.255 e. The zero-order valence-corrected chi connectivity index (χ0v) is 12.8. The molecule has 20 heavy (non-hydrogen) atoms. The molecule has 1 aliphatic rings. The summed E-state index contributed by atoms with van der Waals surface area (Å²) in [5.74, 6) is 0.693. The summed E-state index contributed by atoms with van der Waals surface area (Å²) in [5, 5.41) is 0. The van der Waals surface area contributed by atoms with Crippen LogP contribution in [0.4, 0.5) is 0 Å². The lowest BCUT2D eigenvalue weighted by Gasteiger charge is -2.27. The van der Waals surface area contributed by atoms with Gasteiger partial charge in [-0.1, -0.05) is 0 Å². The minimum atomic E-state index is -0.00966. The summed E-state index contributed by atoms with van der Waals surface area (Å²) in [5.41, 5.74) is 2.86. The van der Waals surface area contributed by atoms with Crippen molar-refractivity contribution in [1.82, 2.24) is 19.9 Å². The molecule has 0 aromatic carbocycles. The van der Waals surface area contributed by atoms with Gasteiger partial charge >= 0.3 is 0 Å². The van der Waals surface area contributed by atoms with Gasteiger partial charge in [0.15, 0.2) is 0 Å². The summed E-state index contributed by atoms with van der Waals surface area (Å²) in [6.45, 7) is 4.17. The lowest BCUT2D eigenvalue weighted by atomic mass is 10.1. The maximum absolute atomic E-state index is 12.0. The second-order valence-electron chi connectivity index (χ2n) is 5.05. The second-order valence-corrected chi connectivity index (χ2v) is 5.96. The first kappa shape index (κ1) is 13.5. The number of nitrogens with zero attached hydrogens (tertiary/aromatic N) is 3. The third-order valence-corrected chi connectivity index (χ3v) is 3.87. The molecule has 6 heteroatoms. The van der Waals surface area contributed by atoms with Crippen molar-refractivity contribution >= 4 is 15.9 Å². The molecule has 0 aliphatic carbocycles. The molecule has 0 saturated carbocycles. The maximum atomic E-state index is 12.0. The molecule has 3 rings (SSSR count). The highest BCUT2D eigenvalue weighted by Gasteiger charge is 2.20. The Balaban J connectivity index is 1.81. The van der Waals surface area contributed by atoms with Crippen LogP contribution in [-0.4, -0.2) is 26.4 Å². The van der Waals surface area contributed by atoms with Gasteiger partial charge in [-0.05, 0) is 34.5 Å². The van der Waals surface area contributed by atoms with E-state index in [-0.39, 0.29) is 5.56 Å². The van der Waals surface area contributed by atoms with Gasteiger partial charge < -0.3 is 4.98 Å². The Labute approximate surface area is 125 Å². The van der Waals surface area contributed by atoms with Crippen LogP contribution >= 0.6 is 15.9 Å². The SMILES string of the molecule is Cc1nc2c(c(=O)[nH]1)CN(Cc1cncc(Br)c1)CC2. The molecule has 1 N–H and O–H groups in total. The van der Waals surface area contributed by atoms with Gasteiger partial charge in [-0.3, -0.25) is 14.7 Å². The topological polar surface area (TPSA) is 61.9 Å². The Morgan fingerprint density at radius 1 is 1.45 bits per heavy atom. The average molecular weight is 335 g/mol. The van der Waals surface area contributed by atoms with E-state index in [1.54, 1.807) is 6.20 Å². The summed E-state index contributed by atoms with van der Waals surface area (Å²) in [6, 6.07) is 2.06. The molecule has 0 spiro atoms. The van der Waals surface area contributed by atoms with Crippen molar-refractivity contribution in [2.75, 3.05) is 6.54 Å². The van der Waals surface area contributed by atoms with Crippen molar-refractivity contribution < 1.29 is 0 Å². The predicted molar refractivity (Wildman–Crippen MR) is 79.3 cm³/mol. The van der Waals surface area contributed by atoms with Crippen molar-refractivity contribution in [3.8, 4) is 0 Å². The molecule has 0 saturated heterocycles. The Morgan fingerprint density at radius 3 is 3.10 bits per heavy atom. The van der Waals surface area contributed by atoms with Crippen LogP contribution in [0.3, 0.4) is 0 Å². The first-order valence-electron chi connectivity index (χ1n) is 6.52. The Morgan fingerprint density at radius 2 is 2.30 bits per heavy atom. The van der Waals surface area contributed by atoms with E-state index in [4.69, 9.17) is 0 Å². The molecule has 0 atom stereocenters. The predicted octanol–water partition coefficient (Wildman–Crippen LogP) is 1.79. The molecule has 2 aromatic rings. The molecule has 0 amide bonds. The highest BCUT2D eigenvalue weighted by molar-refractivity contribution is 9.10. The average Bonchev–Trinajstić information content (AvgIpc) is 2.39. The molecule has 3 heterocycles. The van der Waals surface area contributed by atoms with E-state index < -0.39 is 0 Å². The number of H-pyrrole nitrogens is 1. The number of nitrogens with one attached hydrogen (secondary N) is 1. The number of hydrogen-bond acceptors (Lipinski definition) is 4. The first-order chi connectivity index (χ1) is 9.61. The number of pyridine rings is 1. The van der Waals surface area contributed by atoms with Gasteiger partial charge in [-0.25, -0.2) is 4.98 Å². The van der Waals surface area contributed by atoms with Crippen LogP contribution in [0.2, 0.25) is 0 Å². The number of aromatic amines is 1. The number of aromatic nitrogens is 3. The van der Waals surface area contributed by atoms with E-state index in [1.807, 2.05) is 13.1 Å². The Bertz CT molecular complexity index is 698. The van der Waals surface area contributed by atoms with Gasteiger partial charge in [0.05, 0.1) is 11.3 Å². The van der Waals surface area contributed by atoms with Crippen molar-refractivity contribution in [3.63, 3.8) is 0 Å². The minimum absolute atomic E-state index is 0.00966. The summed E-state index contributed by atoms with van der Waals surface area (Å²) in [7, 11) is 0. The fraction of sp³-hybridized carbons (Fsp3) is 0.357. The van der Waals surface area contributed by atoms with E-state index >= 15 is 0 Å². The number of hydrogen-bond donors (Lipinski definition) is 1. The first-order valence-corrected chi connectivity index (χ1v) is 7.31. The summed E-state index contributed by atoms with van der Waals surface area (Å²) in [6.07, 6.45) is 4.45. The lowest BCUT2D eigenvalue weighted by Crippen LogP contribution is -2.35. The van der Waals surface area contributed by atoms with Gasteiger partial charge in [0, 0.05) is 42.9 Å². The van der Waals surface area contributed by atoms with Crippen molar-refractivity contribution in [1.29, 1.82) is 0 Å². The largest absolute Gasteiger partial charge is 0.310 e. The molecular formula is C14H15BrN4O. The van der Waals surface area contributed by atoms with Gasteiger partial charge in [0.2, 0.25) is 0 Å². The van der Waals surface area contributed by atoms with Crippen LogP contribution in [0.15, 0.2) is 27.7 Å².